The Morgan fingerprint density at radius 3 is 2.59 bits per heavy atom. The first kappa shape index (κ1) is 20.9. The Morgan fingerprint density at radius 2 is 1.93 bits per heavy atom. The van der Waals surface area contributed by atoms with Crippen LogP contribution in [0.4, 0.5) is 5.69 Å². The molecule has 0 bridgehead atoms. The Labute approximate surface area is 175 Å². The van der Waals surface area contributed by atoms with E-state index in [0.29, 0.717) is 24.7 Å². The monoisotopic (exact) mass is 411 g/mol. The molecule has 1 unspecified atom stereocenters. The number of benzene rings is 2. The van der Waals surface area contributed by atoms with Crippen molar-refractivity contribution < 1.29 is 14.3 Å². The second kappa shape index (κ2) is 10.1. The summed E-state index contributed by atoms with van der Waals surface area (Å²) in [5.74, 6) is 0.596. The minimum atomic E-state index is -0.456. The molecule has 1 fully saturated rings. The molecule has 2 aromatic rings. The number of amidine groups is 1. The number of methoxy groups -OCH3 is 1. The maximum absolute atomic E-state index is 12.9. The molecule has 0 radical (unpaired) electrons. The molecular weight excluding hydrogens is 386 g/mol. The van der Waals surface area contributed by atoms with Crippen molar-refractivity contribution in [1.82, 2.24) is 10.2 Å². The van der Waals surface area contributed by atoms with E-state index in [1.165, 1.54) is 11.8 Å². The van der Waals surface area contributed by atoms with Gasteiger partial charge in [-0.2, -0.15) is 0 Å². The van der Waals surface area contributed by atoms with Crippen LogP contribution in [-0.2, 0) is 16.0 Å². The van der Waals surface area contributed by atoms with Gasteiger partial charge in [0.1, 0.15) is 5.75 Å². The van der Waals surface area contributed by atoms with Crippen molar-refractivity contribution in [3.63, 3.8) is 0 Å². The highest BCUT2D eigenvalue weighted by Gasteiger charge is 2.35. The van der Waals surface area contributed by atoms with Crippen LogP contribution in [0.5, 0.6) is 5.75 Å². The van der Waals surface area contributed by atoms with Gasteiger partial charge < -0.3 is 10.1 Å². The van der Waals surface area contributed by atoms with E-state index >= 15 is 0 Å². The number of thioether (sulfide) groups is 1. The van der Waals surface area contributed by atoms with Gasteiger partial charge in [-0.15, -0.1) is 0 Å². The Kier molecular flexibility index (Phi) is 7.30. The van der Waals surface area contributed by atoms with E-state index in [0.717, 1.165) is 17.0 Å². The van der Waals surface area contributed by atoms with Crippen molar-refractivity contribution in [3.05, 3.63) is 60.2 Å². The summed E-state index contributed by atoms with van der Waals surface area (Å²) < 4.78 is 5.19. The van der Waals surface area contributed by atoms with Crippen LogP contribution in [0.25, 0.3) is 0 Å². The standard InChI is InChI=1S/C22H25N3O3S/c1-3-23-21(27)19-15-20(26)25(14-13-16-9-11-18(28-2)12-10-16)22(29-19)24-17-7-5-4-6-8-17/h4-12,19H,3,13-15H2,1-2H3,(H,23,27). The summed E-state index contributed by atoms with van der Waals surface area (Å²) in [6.45, 7) is 2.91. The minimum absolute atomic E-state index is 0.0804. The van der Waals surface area contributed by atoms with Gasteiger partial charge in [-0.1, -0.05) is 42.1 Å². The quantitative estimate of drug-likeness (QED) is 0.758. The number of rotatable bonds is 7. The number of carbonyl (C=O) groups is 2. The number of hydrogen-bond acceptors (Lipinski definition) is 5. The Hall–Kier alpha value is -2.80. The smallest absolute Gasteiger partial charge is 0.234 e. The lowest BCUT2D eigenvalue weighted by atomic mass is 10.1. The number of nitrogens with one attached hydrogen (secondary N) is 1. The van der Waals surface area contributed by atoms with Gasteiger partial charge in [-0.3, -0.25) is 14.5 Å². The Bertz CT molecular complexity index is 869. The normalized spacial score (nSPS) is 18.0. The summed E-state index contributed by atoms with van der Waals surface area (Å²) in [6.07, 6.45) is 0.864. The van der Waals surface area contributed by atoms with E-state index in [4.69, 9.17) is 4.74 Å². The molecular formula is C22H25N3O3S. The Morgan fingerprint density at radius 1 is 1.21 bits per heavy atom. The molecule has 0 saturated carbocycles. The van der Waals surface area contributed by atoms with Crippen molar-refractivity contribution in [2.45, 2.75) is 25.0 Å². The van der Waals surface area contributed by atoms with Crippen LogP contribution in [0, 0.1) is 0 Å². The predicted octanol–water partition coefficient (Wildman–Crippen LogP) is 3.40. The first-order chi connectivity index (χ1) is 14.1. The van der Waals surface area contributed by atoms with E-state index in [9.17, 15) is 9.59 Å². The van der Waals surface area contributed by atoms with E-state index in [2.05, 4.69) is 10.3 Å². The van der Waals surface area contributed by atoms with E-state index in [1.807, 2.05) is 61.5 Å². The molecule has 152 valence electrons. The highest BCUT2D eigenvalue weighted by atomic mass is 32.2. The van der Waals surface area contributed by atoms with Crippen LogP contribution in [0.3, 0.4) is 0 Å². The maximum atomic E-state index is 12.9. The van der Waals surface area contributed by atoms with Crippen LogP contribution >= 0.6 is 11.8 Å². The van der Waals surface area contributed by atoms with Crippen molar-refractivity contribution in [2.75, 3.05) is 20.2 Å². The molecule has 1 aliphatic heterocycles. The molecule has 2 aromatic carbocycles. The number of carbonyl (C=O) groups excluding carboxylic acids is 2. The molecule has 1 heterocycles. The fourth-order valence-corrected chi connectivity index (χ4v) is 4.14. The lowest BCUT2D eigenvalue weighted by Gasteiger charge is -2.31. The molecule has 3 rings (SSSR count). The lowest BCUT2D eigenvalue weighted by molar-refractivity contribution is -0.130. The summed E-state index contributed by atoms with van der Waals surface area (Å²) in [6, 6.07) is 17.3. The zero-order chi connectivity index (χ0) is 20.6. The van der Waals surface area contributed by atoms with Gasteiger partial charge in [-0.25, -0.2) is 4.99 Å². The molecule has 2 amide bonds. The van der Waals surface area contributed by atoms with Gasteiger partial charge >= 0.3 is 0 Å². The fourth-order valence-electron chi connectivity index (χ4n) is 3.00. The molecule has 1 atom stereocenters. The highest BCUT2D eigenvalue weighted by Crippen LogP contribution is 2.29. The molecule has 0 spiro atoms. The van der Waals surface area contributed by atoms with Crippen LogP contribution in [-0.4, -0.2) is 47.3 Å². The van der Waals surface area contributed by atoms with Crippen LogP contribution in [0.1, 0.15) is 18.9 Å². The number of aliphatic imine (C=N–C) groups is 1. The third kappa shape index (κ3) is 5.60. The summed E-state index contributed by atoms with van der Waals surface area (Å²) in [5, 5.41) is 2.92. The topological polar surface area (TPSA) is 71.0 Å². The fraction of sp³-hybridized carbons (Fsp3) is 0.318. The molecule has 29 heavy (non-hydrogen) atoms. The summed E-state index contributed by atoms with van der Waals surface area (Å²) in [7, 11) is 1.63. The molecule has 6 nitrogen and oxygen atoms in total. The van der Waals surface area contributed by atoms with Crippen LogP contribution in [0.2, 0.25) is 0 Å². The van der Waals surface area contributed by atoms with E-state index < -0.39 is 5.25 Å². The van der Waals surface area contributed by atoms with Crippen molar-refractivity contribution in [1.29, 1.82) is 0 Å². The van der Waals surface area contributed by atoms with E-state index in [-0.39, 0.29) is 18.2 Å². The van der Waals surface area contributed by atoms with Gasteiger partial charge in [0.25, 0.3) is 0 Å². The third-order valence-electron chi connectivity index (χ3n) is 4.55. The second-order valence-electron chi connectivity index (χ2n) is 6.58. The average Bonchev–Trinajstić information content (AvgIpc) is 2.74. The Balaban J connectivity index is 1.79. The van der Waals surface area contributed by atoms with Crippen molar-refractivity contribution in [2.24, 2.45) is 4.99 Å². The van der Waals surface area contributed by atoms with Crippen LogP contribution < -0.4 is 10.1 Å². The summed E-state index contributed by atoms with van der Waals surface area (Å²) >= 11 is 1.35. The van der Waals surface area contributed by atoms with E-state index in [1.54, 1.807) is 12.0 Å². The second-order valence-corrected chi connectivity index (χ2v) is 7.75. The molecule has 1 N–H and O–H groups in total. The van der Waals surface area contributed by atoms with Gasteiger partial charge in [0.2, 0.25) is 11.8 Å². The third-order valence-corrected chi connectivity index (χ3v) is 5.73. The predicted molar refractivity (Wildman–Crippen MR) is 117 cm³/mol. The maximum Gasteiger partial charge on any atom is 0.234 e. The zero-order valence-corrected chi connectivity index (χ0v) is 17.4. The zero-order valence-electron chi connectivity index (χ0n) is 16.6. The first-order valence-electron chi connectivity index (χ1n) is 9.62. The van der Waals surface area contributed by atoms with Crippen molar-refractivity contribution >= 4 is 34.4 Å². The number of ether oxygens (including phenoxy) is 1. The lowest BCUT2D eigenvalue weighted by Crippen LogP contribution is -2.47. The molecule has 1 aliphatic rings. The molecule has 1 saturated heterocycles. The van der Waals surface area contributed by atoms with Crippen molar-refractivity contribution in [3.8, 4) is 5.75 Å². The van der Waals surface area contributed by atoms with Gasteiger partial charge in [0, 0.05) is 19.5 Å². The first-order valence-corrected chi connectivity index (χ1v) is 10.5. The average molecular weight is 412 g/mol. The van der Waals surface area contributed by atoms with Gasteiger partial charge in [0.15, 0.2) is 5.17 Å². The SMILES string of the molecule is CCNC(=O)C1CC(=O)N(CCc2ccc(OC)cc2)C(=Nc2ccccc2)S1. The molecule has 0 aliphatic carbocycles. The van der Waals surface area contributed by atoms with Crippen LogP contribution in [0.15, 0.2) is 59.6 Å². The molecule has 7 heteroatoms. The number of nitrogens with zero attached hydrogens (tertiary/aromatic N) is 2. The minimum Gasteiger partial charge on any atom is -0.497 e. The summed E-state index contributed by atoms with van der Waals surface area (Å²) in [4.78, 5) is 31.5. The molecule has 0 aromatic heterocycles. The largest absolute Gasteiger partial charge is 0.497 e. The van der Waals surface area contributed by atoms with Gasteiger partial charge in [-0.05, 0) is 43.2 Å². The van der Waals surface area contributed by atoms with Gasteiger partial charge in [0.05, 0.1) is 18.0 Å². The number of amides is 2. The highest BCUT2D eigenvalue weighted by molar-refractivity contribution is 8.15. The number of hydrogen-bond donors (Lipinski definition) is 1. The number of para-hydroxylation sites is 1. The summed E-state index contributed by atoms with van der Waals surface area (Å²) in [5.41, 5.74) is 1.86.